The molecule has 5 rings (SSSR count). The van der Waals surface area contributed by atoms with Crippen molar-refractivity contribution in [3.05, 3.63) is 107 Å². The maximum Gasteiger partial charge on any atom is 0.255 e. The third-order valence-corrected chi connectivity index (χ3v) is 7.29. The molecule has 3 aromatic carbocycles. The van der Waals surface area contributed by atoms with Crippen LogP contribution in [0.2, 0.25) is 0 Å². The number of para-hydroxylation sites is 1. The summed E-state index contributed by atoms with van der Waals surface area (Å²) in [6.07, 6.45) is 1.02. The molecule has 0 spiro atoms. The molecule has 4 aromatic rings. The van der Waals surface area contributed by atoms with Crippen molar-refractivity contribution in [3.63, 3.8) is 0 Å². The lowest BCUT2D eigenvalue weighted by atomic mass is 9.95. The number of nitrogens with zero attached hydrogens (tertiary/aromatic N) is 3. The average molecular weight is 526 g/mol. The van der Waals surface area contributed by atoms with Gasteiger partial charge in [-0.15, -0.1) is 5.10 Å². The lowest BCUT2D eigenvalue weighted by molar-refractivity contribution is -0.113. The van der Waals surface area contributed by atoms with Crippen LogP contribution >= 0.6 is 11.8 Å². The van der Waals surface area contributed by atoms with E-state index in [-0.39, 0.29) is 5.91 Å². The van der Waals surface area contributed by atoms with Crippen LogP contribution in [0.1, 0.15) is 43.0 Å². The smallest absolute Gasteiger partial charge is 0.255 e. The number of nitrogens with one attached hydrogen (secondary N) is 2. The lowest BCUT2D eigenvalue weighted by Crippen LogP contribution is -2.31. The molecule has 8 heteroatoms. The van der Waals surface area contributed by atoms with Gasteiger partial charge in [-0.25, -0.2) is 4.68 Å². The van der Waals surface area contributed by atoms with Gasteiger partial charge in [0.05, 0.1) is 5.57 Å². The van der Waals surface area contributed by atoms with Gasteiger partial charge in [0.1, 0.15) is 18.4 Å². The minimum atomic E-state index is -0.471. The normalized spacial score (nSPS) is 14.6. The second-order valence-electron chi connectivity index (χ2n) is 9.24. The molecule has 1 aromatic heterocycles. The van der Waals surface area contributed by atoms with Gasteiger partial charge in [-0.3, -0.25) is 4.79 Å². The van der Waals surface area contributed by atoms with Crippen molar-refractivity contribution in [1.82, 2.24) is 14.8 Å². The predicted molar refractivity (Wildman–Crippen MR) is 153 cm³/mol. The van der Waals surface area contributed by atoms with Gasteiger partial charge in [0.15, 0.2) is 0 Å². The number of thioether (sulfide) groups is 1. The molecule has 194 valence electrons. The Morgan fingerprint density at radius 1 is 1.05 bits per heavy atom. The molecule has 1 amide bonds. The Morgan fingerprint density at radius 2 is 1.84 bits per heavy atom. The molecular formula is C30H31N5O2S. The Kier molecular flexibility index (Phi) is 7.79. The summed E-state index contributed by atoms with van der Waals surface area (Å²) in [6, 6.07) is 25.2. The van der Waals surface area contributed by atoms with Gasteiger partial charge >= 0.3 is 0 Å². The van der Waals surface area contributed by atoms with Crippen molar-refractivity contribution in [2.75, 3.05) is 16.4 Å². The quantitative estimate of drug-likeness (QED) is 0.240. The summed E-state index contributed by atoms with van der Waals surface area (Å²) in [4.78, 5) is 18.4. The highest BCUT2D eigenvalue weighted by molar-refractivity contribution is 7.99. The summed E-state index contributed by atoms with van der Waals surface area (Å²) >= 11 is 1.61. The summed E-state index contributed by atoms with van der Waals surface area (Å²) < 4.78 is 7.96. The first-order valence-electron chi connectivity index (χ1n) is 12.7. The number of allylic oxidation sites excluding steroid dienone is 1. The Balaban J connectivity index is 1.49. The number of benzene rings is 3. The molecule has 0 bridgehead atoms. The van der Waals surface area contributed by atoms with E-state index >= 15 is 0 Å². The molecule has 2 N–H and O–H groups in total. The molecule has 0 aliphatic carbocycles. The number of hydrogen-bond donors (Lipinski definition) is 2. The van der Waals surface area contributed by atoms with E-state index in [0.717, 1.165) is 40.4 Å². The fraction of sp³-hybridized carbons (Fsp3) is 0.233. The molecular weight excluding hydrogens is 494 g/mol. The molecule has 2 heterocycles. The molecule has 0 saturated heterocycles. The molecule has 1 atom stereocenters. The van der Waals surface area contributed by atoms with Crippen LogP contribution < -0.4 is 15.4 Å². The topological polar surface area (TPSA) is 81.1 Å². The highest BCUT2D eigenvalue weighted by atomic mass is 32.2. The Bertz CT molecular complexity index is 1450. The third-order valence-electron chi connectivity index (χ3n) is 6.24. The van der Waals surface area contributed by atoms with Crippen LogP contribution in [0, 0.1) is 6.92 Å². The van der Waals surface area contributed by atoms with Crippen LogP contribution in [0.15, 0.2) is 95.3 Å². The van der Waals surface area contributed by atoms with E-state index in [0.29, 0.717) is 23.3 Å². The Labute approximate surface area is 227 Å². The summed E-state index contributed by atoms with van der Waals surface area (Å²) in [7, 11) is 0. The SMILES string of the molecule is CCCSc1nc2n(n1)C(c1cccc(OCc3ccc(C)cc3)c1)C(C(=O)Nc1ccccc1)=C(C)N2. The number of anilines is 2. The minimum Gasteiger partial charge on any atom is -0.489 e. The summed E-state index contributed by atoms with van der Waals surface area (Å²) in [6.45, 7) is 6.56. The maximum atomic E-state index is 13.7. The fourth-order valence-corrected chi connectivity index (χ4v) is 5.02. The summed E-state index contributed by atoms with van der Waals surface area (Å²) in [5, 5.41) is 11.8. The van der Waals surface area contributed by atoms with Gasteiger partial charge in [-0.1, -0.05) is 78.8 Å². The molecule has 7 nitrogen and oxygen atoms in total. The van der Waals surface area contributed by atoms with E-state index < -0.39 is 6.04 Å². The highest BCUT2D eigenvalue weighted by Gasteiger charge is 2.34. The van der Waals surface area contributed by atoms with E-state index in [4.69, 9.17) is 14.8 Å². The van der Waals surface area contributed by atoms with Crippen molar-refractivity contribution < 1.29 is 9.53 Å². The first-order valence-corrected chi connectivity index (χ1v) is 13.7. The number of hydrogen-bond acceptors (Lipinski definition) is 6. The van der Waals surface area contributed by atoms with Crippen molar-refractivity contribution >= 4 is 29.3 Å². The van der Waals surface area contributed by atoms with Crippen molar-refractivity contribution in [3.8, 4) is 5.75 Å². The average Bonchev–Trinajstić information content (AvgIpc) is 3.33. The van der Waals surface area contributed by atoms with E-state index in [1.165, 1.54) is 5.56 Å². The van der Waals surface area contributed by atoms with Crippen molar-refractivity contribution in [2.45, 2.75) is 45.0 Å². The number of fused-ring (bicyclic) bond motifs is 1. The first kappa shape index (κ1) is 25.6. The second kappa shape index (κ2) is 11.6. The minimum absolute atomic E-state index is 0.193. The van der Waals surface area contributed by atoms with E-state index in [1.807, 2.05) is 66.2 Å². The number of ether oxygens (including phenoxy) is 1. The van der Waals surface area contributed by atoms with Crippen molar-refractivity contribution in [1.29, 1.82) is 0 Å². The molecule has 1 unspecified atom stereocenters. The monoisotopic (exact) mass is 525 g/mol. The van der Waals surface area contributed by atoms with Crippen LogP contribution in [0.25, 0.3) is 0 Å². The molecule has 1 aliphatic heterocycles. The lowest BCUT2D eigenvalue weighted by Gasteiger charge is -2.29. The Hall–Kier alpha value is -4.04. The number of aryl methyl sites for hydroxylation is 1. The van der Waals surface area contributed by atoms with E-state index in [9.17, 15) is 4.79 Å². The van der Waals surface area contributed by atoms with Crippen molar-refractivity contribution in [2.24, 2.45) is 0 Å². The third kappa shape index (κ3) is 5.75. The molecule has 0 saturated carbocycles. The molecule has 0 fully saturated rings. The van der Waals surface area contributed by atoms with E-state index in [2.05, 4.69) is 48.7 Å². The van der Waals surface area contributed by atoms with Crippen LogP contribution in [-0.4, -0.2) is 26.4 Å². The van der Waals surface area contributed by atoms with E-state index in [1.54, 1.807) is 11.8 Å². The molecule has 38 heavy (non-hydrogen) atoms. The first-order chi connectivity index (χ1) is 18.5. The molecule has 0 radical (unpaired) electrons. The van der Waals surface area contributed by atoms with Crippen LogP contribution in [0.5, 0.6) is 5.75 Å². The van der Waals surface area contributed by atoms with Gasteiger partial charge in [0.2, 0.25) is 11.1 Å². The molecule has 1 aliphatic rings. The van der Waals surface area contributed by atoms with Gasteiger partial charge in [-0.05, 0) is 55.7 Å². The van der Waals surface area contributed by atoms with Crippen LogP contribution in [0.3, 0.4) is 0 Å². The number of aromatic nitrogens is 3. The van der Waals surface area contributed by atoms with Gasteiger partial charge in [-0.2, -0.15) is 4.98 Å². The zero-order valence-corrected chi connectivity index (χ0v) is 22.6. The highest BCUT2D eigenvalue weighted by Crippen LogP contribution is 2.37. The number of amides is 1. The number of rotatable bonds is 9. The van der Waals surface area contributed by atoms with Gasteiger partial charge in [0, 0.05) is 17.1 Å². The Morgan fingerprint density at radius 3 is 2.61 bits per heavy atom. The summed E-state index contributed by atoms with van der Waals surface area (Å²) in [5.74, 6) is 2.07. The van der Waals surface area contributed by atoms with Crippen LogP contribution in [0.4, 0.5) is 11.6 Å². The van der Waals surface area contributed by atoms with Gasteiger partial charge < -0.3 is 15.4 Å². The maximum absolute atomic E-state index is 13.7. The zero-order valence-electron chi connectivity index (χ0n) is 21.8. The second-order valence-corrected chi connectivity index (χ2v) is 10.3. The summed E-state index contributed by atoms with van der Waals surface area (Å²) in [5.41, 5.74) is 5.25. The van der Waals surface area contributed by atoms with Crippen LogP contribution in [-0.2, 0) is 11.4 Å². The van der Waals surface area contributed by atoms with Gasteiger partial charge in [0.25, 0.3) is 5.91 Å². The fourth-order valence-electron chi connectivity index (χ4n) is 4.33. The number of carbonyl (C=O) groups excluding carboxylic acids is 1. The predicted octanol–water partition coefficient (Wildman–Crippen LogP) is 6.60. The standard InChI is InChI=1S/C30H31N5O2S/c1-4-17-38-30-33-29-31-21(3)26(28(36)32-24-10-6-5-7-11-24)27(35(29)34-30)23-9-8-12-25(18-23)37-19-22-15-13-20(2)14-16-22/h5-16,18,27H,4,17,19H2,1-3H3,(H,32,36)(H,31,33,34). The number of carbonyl (C=O) groups is 1. The zero-order chi connectivity index (χ0) is 26.5. The largest absolute Gasteiger partial charge is 0.489 e.